The molecule has 1 rings (SSSR count). The lowest BCUT2D eigenvalue weighted by atomic mass is 10.2. The summed E-state index contributed by atoms with van der Waals surface area (Å²) < 4.78 is 11.0. The Hall–Kier alpha value is -0.820. The predicted molar refractivity (Wildman–Crippen MR) is 75.4 cm³/mol. The Morgan fingerprint density at radius 2 is 2.18 bits per heavy atom. The van der Waals surface area contributed by atoms with Crippen LogP contribution < -0.4 is 10.1 Å². The SMILES string of the molecule is COC[C@H](C)C(=O)Nc1ccc(OC)cc1I. The Morgan fingerprint density at radius 1 is 1.47 bits per heavy atom. The van der Waals surface area contributed by atoms with Crippen molar-refractivity contribution in [2.45, 2.75) is 6.92 Å². The smallest absolute Gasteiger partial charge is 0.229 e. The second kappa shape index (κ2) is 6.80. The summed E-state index contributed by atoms with van der Waals surface area (Å²) in [5, 5.41) is 2.86. The average molecular weight is 349 g/mol. The lowest BCUT2D eigenvalue weighted by Crippen LogP contribution is -2.24. The van der Waals surface area contributed by atoms with Crippen LogP contribution in [0.15, 0.2) is 18.2 Å². The molecule has 0 spiro atoms. The van der Waals surface area contributed by atoms with Gasteiger partial charge in [-0.25, -0.2) is 0 Å². The van der Waals surface area contributed by atoms with Crippen molar-refractivity contribution in [2.24, 2.45) is 5.92 Å². The minimum absolute atomic E-state index is 0.0464. The highest BCUT2D eigenvalue weighted by atomic mass is 127. The van der Waals surface area contributed by atoms with Crippen LogP contribution in [0.4, 0.5) is 5.69 Å². The van der Waals surface area contributed by atoms with Crippen LogP contribution in [0, 0.1) is 9.49 Å². The van der Waals surface area contributed by atoms with Gasteiger partial charge in [0.1, 0.15) is 5.75 Å². The third-order valence-electron chi connectivity index (χ3n) is 2.30. The number of hydrogen-bond acceptors (Lipinski definition) is 3. The van der Waals surface area contributed by atoms with Crippen molar-refractivity contribution in [3.63, 3.8) is 0 Å². The Bertz CT molecular complexity index is 395. The van der Waals surface area contributed by atoms with Gasteiger partial charge in [0.05, 0.1) is 25.3 Å². The molecule has 0 saturated heterocycles. The molecule has 0 saturated carbocycles. The quantitative estimate of drug-likeness (QED) is 0.831. The van der Waals surface area contributed by atoms with Gasteiger partial charge in [0.2, 0.25) is 5.91 Å². The molecule has 1 aromatic rings. The molecule has 0 aliphatic rings. The predicted octanol–water partition coefficient (Wildman–Crippen LogP) is 2.52. The second-order valence-corrected chi connectivity index (χ2v) is 4.85. The third kappa shape index (κ3) is 4.16. The molecule has 0 aliphatic heterocycles. The van der Waals surface area contributed by atoms with Gasteiger partial charge in [-0.1, -0.05) is 6.92 Å². The summed E-state index contributed by atoms with van der Waals surface area (Å²) in [6, 6.07) is 5.52. The van der Waals surface area contributed by atoms with Crippen LogP contribution in [0.25, 0.3) is 0 Å². The van der Waals surface area contributed by atoms with Crippen LogP contribution in [-0.2, 0) is 9.53 Å². The van der Waals surface area contributed by atoms with Crippen molar-refractivity contribution in [1.29, 1.82) is 0 Å². The molecule has 1 aromatic carbocycles. The number of carbonyl (C=O) groups excluding carboxylic acids is 1. The molecular formula is C12H16INO3. The fourth-order valence-corrected chi connectivity index (χ4v) is 1.93. The molecule has 0 bridgehead atoms. The maximum atomic E-state index is 11.8. The van der Waals surface area contributed by atoms with Crippen LogP contribution in [-0.4, -0.2) is 26.7 Å². The number of hydrogen-bond donors (Lipinski definition) is 1. The zero-order chi connectivity index (χ0) is 12.8. The molecule has 0 aromatic heterocycles. The van der Waals surface area contributed by atoms with E-state index in [2.05, 4.69) is 27.9 Å². The minimum Gasteiger partial charge on any atom is -0.497 e. The van der Waals surface area contributed by atoms with Gasteiger partial charge >= 0.3 is 0 Å². The van der Waals surface area contributed by atoms with Gasteiger partial charge in [-0.3, -0.25) is 4.79 Å². The van der Waals surface area contributed by atoms with Gasteiger partial charge in [-0.05, 0) is 40.8 Å². The van der Waals surface area contributed by atoms with Crippen LogP contribution in [0.2, 0.25) is 0 Å². The number of amides is 1. The van der Waals surface area contributed by atoms with E-state index in [0.717, 1.165) is 15.0 Å². The van der Waals surface area contributed by atoms with Gasteiger partial charge in [-0.15, -0.1) is 0 Å². The summed E-state index contributed by atoms with van der Waals surface area (Å²) in [4.78, 5) is 11.8. The molecule has 1 N–H and O–H groups in total. The number of nitrogens with one attached hydrogen (secondary N) is 1. The average Bonchev–Trinajstić information content (AvgIpc) is 2.31. The Balaban J connectivity index is 2.71. The van der Waals surface area contributed by atoms with Crippen molar-refractivity contribution in [2.75, 3.05) is 26.1 Å². The van der Waals surface area contributed by atoms with Crippen molar-refractivity contribution in [3.8, 4) is 5.75 Å². The number of ether oxygens (including phenoxy) is 2. The van der Waals surface area contributed by atoms with E-state index in [9.17, 15) is 4.79 Å². The van der Waals surface area contributed by atoms with Gasteiger partial charge in [0.15, 0.2) is 0 Å². The van der Waals surface area contributed by atoms with E-state index in [1.165, 1.54) is 0 Å². The van der Waals surface area contributed by atoms with Crippen molar-refractivity contribution >= 4 is 34.2 Å². The number of methoxy groups -OCH3 is 2. The summed E-state index contributed by atoms with van der Waals surface area (Å²) in [5.41, 5.74) is 0.791. The standard InChI is InChI=1S/C12H16INO3/c1-8(7-16-2)12(15)14-11-5-4-9(17-3)6-10(11)13/h4-6,8H,7H2,1-3H3,(H,14,15)/t8-/m0/s1. The molecule has 0 heterocycles. The fourth-order valence-electron chi connectivity index (χ4n) is 1.31. The van der Waals surface area contributed by atoms with Gasteiger partial charge in [0, 0.05) is 10.7 Å². The Labute approximate surface area is 115 Å². The number of rotatable bonds is 5. The zero-order valence-electron chi connectivity index (χ0n) is 10.1. The largest absolute Gasteiger partial charge is 0.497 e. The molecule has 94 valence electrons. The van der Waals surface area contributed by atoms with Crippen LogP contribution in [0.5, 0.6) is 5.75 Å². The number of halogens is 1. The number of carbonyl (C=O) groups is 1. The summed E-state index contributed by atoms with van der Waals surface area (Å²) in [6.45, 7) is 2.24. The highest BCUT2D eigenvalue weighted by molar-refractivity contribution is 14.1. The van der Waals surface area contributed by atoms with Crippen molar-refractivity contribution in [3.05, 3.63) is 21.8 Å². The first-order valence-corrected chi connectivity index (χ1v) is 6.29. The van der Waals surface area contributed by atoms with E-state index in [1.54, 1.807) is 14.2 Å². The van der Waals surface area contributed by atoms with E-state index in [4.69, 9.17) is 9.47 Å². The van der Waals surface area contributed by atoms with Crippen LogP contribution >= 0.6 is 22.6 Å². The first kappa shape index (κ1) is 14.2. The second-order valence-electron chi connectivity index (χ2n) is 3.69. The topological polar surface area (TPSA) is 47.6 Å². The van der Waals surface area contributed by atoms with Crippen LogP contribution in [0.1, 0.15) is 6.92 Å². The van der Waals surface area contributed by atoms with E-state index < -0.39 is 0 Å². The number of anilines is 1. The molecule has 17 heavy (non-hydrogen) atoms. The molecule has 5 heteroatoms. The first-order valence-electron chi connectivity index (χ1n) is 5.21. The Kier molecular flexibility index (Phi) is 5.70. The molecule has 0 unspecified atom stereocenters. The van der Waals surface area contributed by atoms with Crippen LogP contribution in [0.3, 0.4) is 0 Å². The zero-order valence-corrected chi connectivity index (χ0v) is 12.3. The molecule has 4 nitrogen and oxygen atoms in total. The van der Waals surface area contributed by atoms with Crippen molar-refractivity contribution < 1.29 is 14.3 Å². The van der Waals surface area contributed by atoms with Gasteiger partial charge < -0.3 is 14.8 Å². The first-order chi connectivity index (χ1) is 8.08. The van der Waals surface area contributed by atoms with E-state index in [1.807, 2.05) is 25.1 Å². The van der Waals surface area contributed by atoms with E-state index >= 15 is 0 Å². The summed E-state index contributed by atoms with van der Waals surface area (Å²) in [7, 11) is 3.20. The lowest BCUT2D eigenvalue weighted by Gasteiger charge is -2.13. The molecule has 1 amide bonds. The number of benzene rings is 1. The maximum absolute atomic E-state index is 11.8. The molecule has 1 atom stereocenters. The van der Waals surface area contributed by atoms with E-state index in [-0.39, 0.29) is 11.8 Å². The molecular weight excluding hydrogens is 333 g/mol. The molecule has 0 radical (unpaired) electrons. The molecule has 0 aliphatic carbocycles. The van der Waals surface area contributed by atoms with E-state index in [0.29, 0.717) is 6.61 Å². The highest BCUT2D eigenvalue weighted by Crippen LogP contribution is 2.23. The Morgan fingerprint density at radius 3 is 2.71 bits per heavy atom. The van der Waals surface area contributed by atoms with Gasteiger partial charge in [-0.2, -0.15) is 0 Å². The summed E-state index contributed by atoms with van der Waals surface area (Å²) in [5.74, 6) is 0.560. The fraction of sp³-hybridized carbons (Fsp3) is 0.417. The van der Waals surface area contributed by atoms with Gasteiger partial charge in [0.25, 0.3) is 0 Å². The summed E-state index contributed by atoms with van der Waals surface area (Å²) in [6.07, 6.45) is 0. The third-order valence-corrected chi connectivity index (χ3v) is 3.19. The normalized spacial score (nSPS) is 12.0. The monoisotopic (exact) mass is 349 g/mol. The highest BCUT2D eigenvalue weighted by Gasteiger charge is 2.13. The molecule has 0 fully saturated rings. The maximum Gasteiger partial charge on any atom is 0.229 e. The summed E-state index contributed by atoms with van der Waals surface area (Å²) >= 11 is 2.16. The van der Waals surface area contributed by atoms with Crippen molar-refractivity contribution in [1.82, 2.24) is 0 Å². The minimum atomic E-state index is -0.169. The lowest BCUT2D eigenvalue weighted by molar-refractivity contribution is -0.120.